The van der Waals surface area contributed by atoms with Gasteiger partial charge < -0.3 is 20.4 Å². The van der Waals surface area contributed by atoms with Gasteiger partial charge in [0.05, 0.1) is 7.11 Å². The molecule has 100 valence electrons. The molecule has 19 heavy (non-hydrogen) atoms. The predicted octanol–water partition coefficient (Wildman–Crippen LogP) is 1.95. The molecule has 0 aliphatic carbocycles. The molecule has 6 heteroatoms. The molecule has 0 bridgehead atoms. The summed E-state index contributed by atoms with van der Waals surface area (Å²) in [5.74, 6) is 1.53. The van der Waals surface area contributed by atoms with Crippen molar-refractivity contribution in [2.24, 2.45) is 0 Å². The lowest BCUT2D eigenvalue weighted by atomic mass is 10.1. The van der Waals surface area contributed by atoms with E-state index in [1.165, 1.54) is 0 Å². The highest BCUT2D eigenvalue weighted by Crippen LogP contribution is 2.17. The third-order valence-corrected chi connectivity index (χ3v) is 2.85. The average molecular weight is 276 g/mol. The Kier molecular flexibility index (Phi) is 4.74. The smallest absolute Gasteiger partial charge is 0.206 e. The van der Waals surface area contributed by atoms with Crippen molar-refractivity contribution in [1.82, 2.24) is 15.3 Å². The van der Waals surface area contributed by atoms with Crippen LogP contribution in [0.4, 0.5) is 5.95 Å². The highest BCUT2D eigenvalue weighted by molar-refractivity contribution is 7.80. The Morgan fingerprint density at radius 2 is 2.26 bits per heavy atom. The minimum Gasteiger partial charge on any atom is -0.496 e. The summed E-state index contributed by atoms with van der Waals surface area (Å²) in [7, 11) is 1.68. The molecule has 2 aromatic rings. The summed E-state index contributed by atoms with van der Waals surface area (Å²) >= 11 is 5.17. The van der Waals surface area contributed by atoms with Gasteiger partial charge in [-0.1, -0.05) is 18.2 Å². The molecule has 1 heterocycles. The minimum atomic E-state index is 0.546. The molecule has 0 spiro atoms. The summed E-state index contributed by atoms with van der Waals surface area (Å²) in [6.45, 7) is 0.729. The first-order chi connectivity index (χ1) is 9.29. The zero-order chi connectivity index (χ0) is 13.5. The Balaban J connectivity index is 1.78. The Bertz CT molecular complexity index is 527. The summed E-state index contributed by atoms with van der Waals surface area (Å²) in [6.07, 6.45) is 4.24. The van der Waals surface area contributed by atoms with Gasteiger partial charge in [0.15, 0.2) is 5.11 Å². The van der Waals surface area contributed by atoms with Gasteiger partial charge in [-0.15, -0.1) is 0 Å². The molecule has 1 aromatic carbocycles. The number of benzene rings is 1. The second-order valence-electron chi connectivity index (χ2n) is 3.88. The summed E-state index contributed by atoms with van der Waals surface area (Å²) < 4.78 is 5.30. The Morgan fingerprint density at radius 1 is 1.42 bits per heavy atom. The molecule has 0 radical (unpaired) electrons. The fourth-order valence-corrected chi connectivity index (χ4v) is 1.90. The minimum absolute atomic E-state index is 0.546. The van der Waals surface area contributed by atoms with Gasteiger partial charge in [-0.3, -0.25) is 0 Å². The number of imidazole rings is 1. The van der Waals surface area contributed by atoms with Gasteiger partial charge in [-0.2, -0.15) is 0 Å². The third kappa shape index (κ3) is 3.96. The van der Waals surface area contributed by atoms with Gasteiger partial charge >= 0.3 is 0 Å². The lowest BCUT2D eigenvalue weighted by Crippen LogP contribution is -2.30. The topological polar surface area (TPSA) is 62.0 Å². The molecule has 0 aliphatic heterocycles. The average Bonchev–Trinajstić information content (AvgIpc) is 2.92. The molecule has 0 amide bonds. The van der Waals surface area contributed by atoms with Crippen LogP contribution in [0, 0.1) is 0 Å². The SMILES string of the molecule is COc1ccccc1CCNC(=S)Nc1ncc[nH]1. The maximum Gasteiger partial charge on any atom is 0.206 e. The van der Waals surface area contributed by atoms with Crippen LogP contribution in [0.3, 0.4) is 0 Å². The standard InChI is InChI=1S/C13H16N4OS/c1-18-11-5-3-2-4-10(11)6-7-16-13(19)17-12-14-8-9-15-12/h2-5,8-9H,6-7H2,1H3,(H3,14,15,16,17,19). The van der Waals surface area contributed by atoms with Crippen molar-refractivity contribution >= 4 is 23.3 Å². The normalized spacial score (nSPS) is 9.95. The number of methoxy groups -OCH3 is 1. The second-order valence-corrected chi connectivity index (χ2v) is 4.29. The van der Waals surface area contributed by atoms with E-state index in [4.69, 9.17) is 17.0 Å². The Labute approximate surface area is 117 Å². The molecule has 0 aliphatic rings. The molecular weight excluding hydrogens is 260 g/mol. The van der Waals surface area contributed by atoms with E-state index in [1.807, 2.05) is 24.3 Å². The van der Waals surface area contributed by atoms with Crippen LogP contribution in [-0.4, -0.2) is 28.7 Å². The fourth-order valence-electron chi connectivity index (χ4n) is 1.71. The van der Waals surface area contributed by atoms with Crippen molar-refractivity contribution in [3.05, 3.63) is 42.2 Å². The van der Waals surface area contributed by atoms with Gasteiger partial charge in [0.2, 0.25) is 5.95 Å². The summed E-state index contributed by atoms with van der Waals surface area (Å²) in [4.78, 5) is 6.96. The lowest BCUT2D eigenvalue weighted by molar-refractivity contribution is 0.409. The molecule has 5 nitrogen and oxygen atoms in total. The summed E-state index contributed by atoms with van der Waals surface area (Å²) in [6, 6.07) is 7.95. The molecular formula is C13H16N4OS. The van der Waals surface area contributed by atoms with Gasteiger partial charge in [0.1, 0.15) is 5.75 Å². The second kappa shape index (κ2) is 6.75. The number of ether oxygens (including phenoxy) is 1. The van der Waals surface area contributed by atoms with E-state index in [0.717, 1.165) is 24.3 Å². The quantitative estimate of drug-likeness (QED) is 0.729. The molecule has 0 saturated carbocycles. The molecule has 0 unspecified atom stereocenters. The van der Waals surface area contributed by atoms with Crippen LogP contribution in [0.15, 0.2) is 36.7 Å². The number of rotatable bonds is 5. The number of nitrogens with one attached hydrogen (secondary N) is 3. The first kappa shape index (κ1) is 13.4. The van der Waals surface area contributed by atoms with Gasteiger partial charge in [0, 0.05) is 18.9 Å². The van der Waals surface area contributed by atoms with Crippen molar-refractivity contribution in [2.75, 3.05) is 19.0 Å². The molecule has 0 atom stereocenters. The molecule has 0 saturated heterocycles. The van der Waals surface area contributed by atoms with Crippen LogP contribution in [0.1, 0.15) is 5.56 Å². The Hall–Kier alpha value is -2.08. The highest BCUT2D eigenvalue weighted by Gasteiger charge is 2.02. The summed E-state index contributed by atoms with van der Waals surface area (Å²) in [5, 5.41) is 6.63. The number of hydrogen-bond acceptors (Lipinski definition) is 3. The predicted molar refractivity (Wildman–Crippen MR) is 79.5 cm³/mol. The van der Waals surface area contributed by atoms with Gasteiger partial charge in [0.25, 0.3) is 0 Å². The molecule has 1 aromatic heterocycles. The maximum atomic E-state index is 5.30. The number of thiocarbonyl (C=S) groups is 1. The van der Waals surface area contributed by atoms with Crippen LogP contribution in [0.2, 0.25) is 0 Å². The molecule has 3 N–H and O–H groups in total. The number of para-hydroxylation sites is 1. The van der Waals surface area contributed by atoms with Crippen LogP contribution in [0.25, 0.3) is 0 Å². The van der Waals surface area contributed by atoms with Crippen LogP contribution in [0.5, 0.6) is 5.75 Å². The molecule has 0 fully saturated rings. The van der Waals surface area contributed by atoms with E-state index in [-0.39, 0.29) is 0 Å². The van der Waals surface area contributed by atoms with Crippen LogP contribution >= 0.6 is 12.2 Å². The highest BCUT2D eigenvalue weighted by atomic mass is 32.1. The van der Waals surface area contributed by atoms with Crippen LogP contribution < -0.4 is 15.4 Å². The molecule has 2 rings (SSSR count). The van der Waals surface area contributed by atoms with Crippen molar-refractivity contribution in [1.29, 1.82) is 0 Å². The van der Waals surface area contributed by atoms with Gasteiger partial charge in [-0.25, -0.2) is 4.98 Å². The van der Waals surface area contributed by atoms with E-state index in [9.17, 15) is 0 Å². The maximum absolute atomic E-state index is 5.30. The summed E-state index contributed by atoms with van der Waals surface area (Å²) in [5.41, 5.74) is 1.15. The van der Waals surface area contributed by atoms with Crippen molar-refractivity contribution in [3.63, 3.8) is 0 Å². The number of aromatic amines is 1. The van der Waals surface area contributed by atoms with E-state index < -0.39 is 0 Å². The van der Waals surface area contributed by atoms with Gasteiger partial charge in [-0.05, 0) is 30.3 Å². The van der Waals surface area contributed by atoms with E-state index in [2.05, 4.69) is 20.6 Å². The lowest BCUT2D eigenvalue weighted by Gasteiger charge is -2.10. The number of H-pyrrole nitrogens is 1. The van der Waals surface area contributed by atoms with E-state index >= 15 is 0 Å². The van der Waals surface area contributed by atoms with Crippen molar-refractivity contribution in [3.8, 4) is 5.75 Å². The van der Waals surface area contributed by atoms with E-state index in [0.29, 0.717) is 11.1 Å². The first-order valence-corrected chi connectivity index (χ1v) is 6.36. The van der Waals surface area contributed by atoms with E-state index in [1.54, 1.807) is 19.5 Å². The number of anilines is 1. The van der Waals surface area contributed by atoms with Crippen molar-refractivity contribution in [2.45, 2.75) is 6.42 Å². The number of hydrogen-bond donors (Lipinski definition) is 3. The fraction of sp³-hybridized carbons (Fsp3) is 0.231. The largest absolute Gasteiger partial charge is 0.496 e. The third-order valence-electron chi connectivity index (χ3n) is 2.60. The number of nitrogens with zero attached hydrogens (tertiary/aromatic N) is 1. The zero-order valence-corrected chi connectivity index (χ0v) is 11.5. The number of aromatic nitrogens is 2. The Morgan fingerprint density at radius 3 is 3.00 bits per heavy atom. The van der Waals surface area contributed by atoms with Crippen LogP contribution in [-0.2, 0) is 6.42 Å². The van der Waals surface area contributed by atoms with Crippen molar-refractivity contribution < 1.29 is 4.74 Å². The first-order valence-electron chi connectivity index (χ1n) is 5.95. The zero-order valence-electron chi connectivity index (χ0n) is 10.6. The monoisotopic (exact) mass is 276 g/mol.